The third-order valence-electron chi connectivity index (χ3n) is 3.29. The molecule has 0 saturated heterocycles. The minimum Gasteiger partial charge on any atom is -0.256 e. The van der Waals surface area contributed by atoms with Crippen LogP contribution < -0.4 is 0 Å². The van der Waals surface area contributed by atoms with Gasteiger partial charge in [0.15, 0.2) is 0 Å². The van der Waals surface area contributed by atoms with Gasteiger partial charge in [-0.05, 0) is 34.4 Å². The van der Waals surface area contributed by atoms with Gasteiger partial charge in [0.1, 0.15) is 0 Å². The van der Waals surface area contributed by atoms with Crippen LogP contribution >= 0.6 is 0 Å². The minimum atomic E-state index is 0.520. The summed E-state index contributed by atoms with van der Waals surface area (Å²) in [7, 11) is 0. The summed E-state index contributed by atoms with van der Waals surface area (Å²) in [5.74, 6) is 0.520. The molecule has 0 unspecified atom stereocenters. The smallest absolute Gasteiger partial charge is 0.0711 e. The minimum absolute atomic E-state index is 0.520. The zero-order valence-electron chi connectivity index (χ0n) is 10.1. The molecule has 1 heteroatoms. The first-order valence-electron chi connectivity index (χ1n) is 6.04. The van der Waals surface area contributed by atoms with Gasteiger partial charge in [-0.2, -0.15) is 0 Å². The van der Waals surface area contributed by atoms with E-state index in [-0.39, 0.29) is 0 Å². The van der Waals surface area contributed by atoms with E-state index in [1.54, 1.807) is 0 Å². The lowest BCUT2D eigenvalue weighted by atomic mass is 9.95. The SMILES string of the molecule is CC(C)c1ccnc2ccc3ccccc3c12. The van der Waals surface area contributed by atoms with Crippen LogP contribution in [0, 0.1) is 0 Å². The summed E-state index contributed by atoms with van der Waals surface area (Å²) < 4.78 is 0. The Labute approximate surface area is 101 Å². The molecule has 1 aromatic heterocycles. The van der Waals surface area contributed by atoms with Crippen LogP contribution in [-0.2, 0) is 0 Å². The molecule has 1 heterocycles. The highest BCUT2D eigenvalue weighted by atomic mass is 14.6. The molecule has 2 aromatic carbocycles. The average molecular weight is 221 g/mol. The first kappa shape index (κ1) is 10.3. The fraction of sp³-hybridized carbons (Fsp3) is 0.188. The van der Waals surface area contributed by atoms with E-state index in [0.29, 0.717) is 5.92 Å². The average Bonchev–Trinajstić information content (AvgIpc) is 2.37. The molecule has 3 rings (SSSR count). The maximum atomic E-state index is 4.47. The number of hydrogen-bond acceptors (Lipinski definition) is 1. The Kier molecular flexibility index (Phi) is 2.32. The van der Waals surface area contributed by atoms with Gasteiger partial charge in [0, 0.05) is 11.6 Å². The summed E-state index contributed by atoms with van der Waals surface area (Å²) in [6.45, 7) is 4.47. The van der Waals surface area contributed by atoms with Gasteiger partial charge in [0.25, 0.3) is 0 Å². The number of aromatic nitrogens is 1. The fourth-order valence-electron chi connectivity index (χ4n) is 2.43. The molecule has 0 aliphatic rings. The van der Waals surface area contributed by atoms with Crippen molar-refractivity contribution in [3.8, 4) is 0 Å². The van der Waals surface area contributed by atoms with Crippen LogP contribution in [0.4, 0.5) is 0 Å². The van der Waals surface area contributed by atoms with Gasteiger partial charge in [-0.3, -0.25) is 4.98 Å². The molecule has 0 radical (unpaired) electrons. The van der Waals surface area contributed by atoms with Gasteiger partial charge in [-0.15, -0.1) is 0 Å². The second kappa shape index (κ2) is 3.85. The van der Waals surface area contributed by atoms with Crippen LogP contribution in [0.3, 0.4) is 0 Å². The van der Waals surface area contributed by atoms with Crippen LogP contribution in [0.1, 0.15) is 25.3 Å². The fourth-order valence-corrected chi connectivity index (χ4v) is 2.43. The van der Waals surface area contributed by atoms with Gasteiger partial charge >= 0.3 is 0 Å². The summed E-state index contributed by atoms with van der Waals surface area (Å²) >= 11 is 0. The Morgan fingerprint density at radius 3 is 2.59 bits per heavy atom. The Bertz CT molecular complexity index is 683. The van der Waals surface area contributed by atoms with Crippen molar-refractivity contribution in [2.45, 2.75) is 19.8 Å². The molecule has 3 aromatic rings. The Morgan fingerprint density at radius 1 is 0.941 bits per heavy atom. The van der Waals surface area contributed by atoms with E-state index in [1.165, 1.54) is 21.7 Å². The topological polar surface area (TPSA) is 12.9 Å². The monoisotopic (exact) mass is 221 g/mol. The van der Waals surface area contributed by atoms with Crippen LogP contribution in [0.15, 0.2) is 48.7 Å². The molecular weight excluding hydrogens is 206 g/mol. The summed E-state index contributed by atoms with van der Waals surface area (Å²) in [6, 6.07) is 14.9. The lowest BCUT2D eigenvalue weighted by Gasteiger charge is -2.11. The largest absolute Gasteiger partial charge is 0.256 e. The van der Waals surface area contributed by atoms with Gasteiger partial charge in [0.05, 0.1) is 5.52 Å². The van der Waals surface area contributed by atoms with Gasteiger partial charge in [-0.1, -0.05) is 44.2 Å². The molecular formula is C16H15N. The van der Waals surface area contributed by atoms with Crippen molar-refractivity contribution in [1.82, 2.24) is 4.98 Å². The number of fused-ring (bicyclic) bond motifs is 3. The summed E-state index contributed by atoms with van der Waals surface area (Å²) in [5.41, 5.74) is 2.47. The first-order valence-corrected chi connectivity index (χ1v) is 6.04. The maximum Gasteiger partial charge on any atom is 0.0711 e. The van der Waals surface area contributed by atoms with Crippen molar-refractivity contribution in [3.05, 3.63) is 54.2 Å². The molecule has 0 saturated carbocycles. The second-order valence-corrected chi connectivity index (χ2v) is 4.74. The second-order valence-electron chi connectivity index (χ2n) is 4.74. The van der Waals surface area contributed by atoms with Crippen molar-refractivity contribution in [2.75, 3.05) is 0 Å². The number of rotatable bonds is 1. The normalized spacial score (nSPS) is 11.5. The van der Waals surface area contributed by atoms with E-state index < -0.39 is 0 Å². The Morgan fingerprint density at radius 2 is 1.76 bits per heavy atom. The molecule has 0 fully saturated rings. The van der Waals surface area contributed by atoms with E-state index in [2.05, 4.69) is 61.3 Å². The van der Waals surface area contributed by atoms with Crippen molar-refractivity contribution >= 4 is 21.7 Å². The van der Waals surface area contributed by atoms with Gasteiger partial charge in [-0.25, -0.2) is 0 Å². The van der Waals surface area contributed by atoms with Crippen molar-refractivity contribution in [2.24, 2.45) is 0 Å². The van der Waals surface area contributed by atoms with Crippen molar-refractivity contribution in [1.29, 1.82) is 0 Å². The highest BCUT2D eigenvalue weighted by molar-refractivity contribution is 6.07. The third kappa shape index (κ3) is 1.59. The highest BCUT2D eigenvalue weighted by Crippen LogP contribution is 2.30. The molecule has 1 nitrogen and oxygen atoms in total. The van der Waals surface area contributed by atoms with Crippen molar-refractivity contribution < 1.29 is 0 Å². The maximum absolute atomic E-state index is 4.47. The quantitative estimate of drug-likeness (QED) is 0.551. The lowest BCUT2D eigenvalue weighted by molar-refractivity contribution is 0.875. The Balaban J connectivity index is 2.54. The molecule has 84 valence electrons. The van der Waals surface area contributed by atoms with Crippen LogP contribution in [0.5, 0.6) is 0 Å². The van der Waals surface area contributed by atoms with E-state index >= 15 is 0 Å². The van der Waals surface area contributed by atoms with Crippen LogP contribution in [-0.4, -0.2) is 4.98 Å². The van der Waals surface area contributed by atoms with E-state index in [4.69, 9.17) is 0 Å². The van der Waals surface area contributed by atoms with Gasteiger partial charge < -0.3 is 0 Å². The van der Waals surface area contributed by atoms with E-state index in [9.17, 15) is 0 Å². The van der Waals surface area contributed by atoms with E-state index in [1.807, 2.05) is 6.20 Å². The van der Waals surface area contributed by atoms with Crippen molar-refractivity contribution in [3.63, 3.8) is 0 Å². The molecule has 0 atom stereocenters. The molecule has 0 N–H and O–H groups in total. The number of pyridine rings is 1. The van der Waals surface area contributed by atoms with Gasteiger partial charge in [0.2, 0.25) is 0 Å². The van der Waals surface area contributed by atoms with Crippen LogP contribution in [0.2, 0.25) is 0 Å². The number of nitrogens with zero attached hydrogens (tertiary/aromatic N) is 1. The molecule has 0 amide bonds. The predicted molar refractivity (Wildman–Crippen MR) is 73.3 cm³/mol. The number of benzene rings is 2. The van der Waals surface area contributed by atoms with E-state index in [0.717, 1.165) is 5.52 Å². The lowest BCUT2D eigenvalue weighted by Crippen LogP contribution is -1.92. The molecule has 0 aliphatic heterocycles. The molecule has 0 spiro atoms. The summed E-state index contributed by atoms with van der Waals surface area (Å²) in [5, 5.41) is 3.90. The van der Waals surface area contributed by atoms with Crippen LogP contribution in [0.25, 0.3) is 21.7 Å². The molecule has 17 heavy (non-hydrogen) atoms. The predicted octanol–water partition coefficient (Wildman–Crippen LogP) is 4.51. The third-order valence-corrected chi connectivity index (χ3v) is 3.29. The first-order chi connectivity index (χ1) is 8.27. The number of hydrogen-bond donors (Lipinski definition) is 0. The molecule has 0 bridgehead atoms. The molecule has 0 aliphatic carbocycles. The Hall–Kier alpha value is -1.89. The standard InChI is InChI=1S/C16H15N/c1-11(2)13-9-10-17-15-8-7-12-5-3-4-6-14(12)16(13)15/h3-11H,1-2H3. The summed E-state index contributed by atoms with van der Waals surface area (Å²) in [4.78, 5) is 4.47. The zero-order valence-corrected chi connectivity index (χ0v) is 10.1. The summed E-state index contributed by atoms with van der Waals surface area (Å²) in [6.07, 6.45) is 1.91. The highest BCUT2D eigenvalue weighted by Gasteiger charge is 2.08. The zero-order chi connectivity index (χ0) is 11.8.